The molecule has 1 aliphatic heterocycles. The Hall–Kier alpha value is -0.270. The van der Waals surface area contributed by atoms with Gasteiger partial charge < -0.3 is 0 Å². The molecule has 1 heterocycles. The summed E-state index contributed by atoms with van der Waals surface area (Å²) in [4.78, 5) is 0. The molecule has 100 valence electrons. The molecule has 0 saturated heterocycles. The molecule has 0 radical (unpaired) electrons. The first-order valence-corrected chi connectivity index (χ1v) is 7.22. The molecule has 0 aromatic heterocycles. The van der Waals surface area contributed by atoms with E-state index in [2.05, 4.69) is 0 Å². The molecule has 0 aromatic rings. The summed E-state index contributed by atoms with van der Waals surface area (Å²) in [6, 6.07) is 0. The smallest absolute Gasteiger partial charge is 0.212 e. The molecule has 0 amide bonds. The largest absolute Gasteiger partial charge is 0.412 e. The maximum atomic E-state index is 12.3. The Morgan fingerprint density at radius 2 is 2.06 bits per heavy atom. The fourth-order valence-electron chi connectivity index (χ4n) is 1.53. The number of hydrogen-bond donors (Lipinski definition) is 0. The normalized spacial score (nSPS) is 19.2. The van der Waals surface area contributed by atoms with E-state index in [1.54, 1.807) is 0 Å². The van der Waals surface area contributed by atoms with Crippen LogP contribution in [-0.2, 0) is 10.0 Å². The number of hydrogen-bond acceptors (Lipinski definition) is 2. The second kappa shape index (κ2) is 5.58. The van der Waals surface area contributed by atoms with E-state index in [9.17, 15) is 21.6 Å². The van der Waals surface area contributed by atoms with E-state index < -0.39 is 21.8 Å². The third-order valence-electron chi connectivity index (χ3n) is 2.47. The zero-order chi connectivity index (χ0) is 13.1. The van der Waals surface area contributed by atoms with Crippen LogP contribution in [-0.4, -0.2) is 43.6 Å². The topological polar surface area (TPSA) is 37.4 Å². The van der Waals surface area contributed by atoms with Crippen molar-refractivity contribution in [1.82, 2.24) is 4.31 Å². The van der Waals surface area contributed by atoms with Crippen LogP contribution >= 0.6 is 11.6 Å². The van der Waals surface area contributed by atoms with Crippen LogP contribution in [0.15, 0.2) is 11.6 Å². The van der Waals surface area contributed by atoms with E-state index in [-0.39, 0.29) is 31.1 Å². The van der Waals surface area contributed by atoms with E-state index in [1.807, 2.05) is 0 Å². The Kier molecular flexibility index (Phi) is 4.86. The highest BCUT2D eigenvalue weighted by molar-refractivity contribution is 7.89. The molecule has 0 saturated carbocycles. The Morgan fingerprint density at radius 3 is 2.47 bits per heavy atom. The first-order valence-electron chi connectivity index (χ1n) is 5.07. The van der Waals surface area contributed by atoms with Crippen LogP contribution < -0.4 is 0 Å². The fraction of sp³-hybridized carbons (Fsp3) is 0.778. The molecular formula is C9H13ClF3NO2S. The lowest BCUT2D eigenvalue weighted by atomic mass is 10.1. The molecule has 0 N–H and O–H groups in total. The lowest BCUT2D eigenvalue weighted by molar-refractivity contribution is -0.0953. The van der Waals surface area contributed by atoms with Crippen LogP contribution in [0.4, 0.5) is 13.2 Å². The van der Waals surface area contributed by atoms with Crippen molar-refractivity contribution in [3.63, 3.8) is 0 Å². The predicted molar refractivity (Wildman–Crippen MR) is 59.5 cm³/mol. The van der Waals surface area contributed by atoms with E-state index in [0.717, 1.165) is 10.4 Å². The van der Waals surface area contributed by atoms with Crippen molar-refractivity contribution in [2.75, 3.05) is 24.7 Å². The summed E-state index contributed by atoms with van der Waals surface area (Å²) < 4.78 is 61.3. The molecule has 0 unspecified atom stereocenters. The summed E-state index contributed by atoms with van der Waals surface area (Å²) in [6.45, 7) is -0.324. The average molecular weight is 292 g/mol. The van der Waals surface area contributed by atoms with Gasteiger partial charge in [0.05, 0.1) is 5.75 Å². The molecule has 0 atom stereocenters. The highest BCUT2D eigenvalue weighted by atomic mass is 35.5. The van der Waals surface area contributed by atoms with Gasteiger partial charge in [-0.25, -0.2) is 8.42 Å². The minimum Gasteiger partial charge on any atom is -0.212 e. The monoisotopic (exact) mass is 291 g/mol. The van der Waals surface area contributed by atoms with Gasteiger partial charge >= 0.3 is 6.18 Å². The zero-order valence-electron chi connectivity index (χ0n) is 9.00. The lowest BCUT2D eigenvalue weighted by Gasteiger charge is -2.26. The quantitative estimate of drug-likeness (QED) is 0.588. The highest BCUT2D eigenvalue weighted by Gasteiger charge is 2.36. The summed E-state index contributed by atoms with van der Waals surface area (Å²) in [6.07, 6.45) is -3.41. The van der Waals surface area contributed by atoms with Crippen molar-refractivity contribution in [2.45, 2.75) is 19.0 Å². The van der Waals surface area contributed by atoms with Crippen LogP contribution in [0.2, 0.25) is 0 Å². The highest BCUT2D eigenvalue weighted by Crippen LogP contribution is 2.30. The first-order chi connectivity index (χ1) is 7.77. The number of rotatable bonds is 4. The van der Waals surface area contributed by atoms with E-state index in [4.69, 9.17) is 11.6 Å². The third kappa shape index (κ3) is 4.15. The molecule has 1 rings (SSSR count). The van der Waals surface area contributed by atoms with Crippen LogP contribution in [0.3, 0.4) is 0 Å². The average Bonchev–Trinajstić information content (AvgIpc) is 2.25. The standard InChI is InChI=1S/C9H13ClF3NO2S/c10-4-1-7-17(15,16)14-5-2-8(3-6-14)9(11,12)13/h2H,1,3-7H2. The van der Waals surface area contributed by atoms with Gasteiger partial charge in [-0.05, 0) is 12.8 Å². The Morgan fingerprint density at radius 1 is 1.41 bits per heavy atom. The Bertz CT molecular complexity index is 392. The van der Waals surface area contributed by atoms with Gasteiger partial charge in [0, 0.05) is 24.5 Å². The number of halogens is 4. The SMILES string of the molecule is O=S(=O)(CCCCl)N1CC=C(C(F)(F)F)CC1. The first kappa shape index (κ1) is 14.8. The van der Waals surface area contributed by atoms with Crippen molar-refractivity contribution in [1.29, 1.82) is 0 Å². The number of alkyl halides is 4. The Balaban J connectivity index is 2.66. The van der Waals surface area contributed by atoms with E-state index >= 15 is 0 Å². The van der Waals surface area contributed by atoms with Crippen molar-refractivity contribution in [3.05, 3.63) is 11.6 Å². The van der Waals surface area contributed by atoms with Gasteiger partial charge in [-0.1, -0.05) is 6.08 Å². The number of sulfonamides is 1. The minimum absolute atomic E-state index is 0.115. The summed E-state index contributed by atoms with van der Waals surface area (Å²) in [5.74, 6) is 0.0996. The summed E-state index contributed by atoms with van der Waals surface area (Å²) in [7, 11) is -3.48. The van der Waals surface area contributed by atoms with Gasteiger partial charge in [0.15, 0.2) is 0 Å². The van der Waals surface area contributed by atoms with Crippen LogP contribution in [0.5, 0.6) is 0 Å². The zero-order valence-corrected chi connectivity index (χ0v) is 10.6. The van der Waals surface area contributed by atoms with E-state index in [0.29, 0.717) is 6.42 Å². The third-order valence-corrected chi connectivity index (χ3v) is 4.66. The van der Waals surface area contributed by atoms with Gasteiger partial charge in [0.2, 0.25) is 10.0 Å². The molecule has 17 heavy (non-hydrogen) atoms. The van der Waals surface area contributed by atoms with Gasteiger partial charge in [-0.15, -0.1) is 11.6 Å². The fourth-order valence-corrected chi connectivity index (χ4v) is 3.26. The molecule has 3 nitrogen and oxygen atoms in total. The second-order valence-electron chi connectivity index (χ2n) is 3.69. The minimum atomic E-state index is -4.36. The number of nitrogens with zero attached hydrogens (tertiary/aromatic N) is 1. The summed E-state index contributed by atoms with van der Waals surface area (Å²) >= 11 is 5.39. The van der Waals surface area contributed by atoms with Gasteiger partial charge in [-0.3, -0.25) is 0 Å². The van der Waals surface area contributed by atoms with Gasteiger partial charge in [0.25, 0.3) is 0 Å². The van der Waals surface area contributed by atoms with Crippen molar-refractivity contribution in [3.8, 4) is 0 Å². The van der Waals surface area contributed by atoms with Crippen LogP contribution in [0, 0.1) is 0 Å². The summed E-state index contributed by atoms with van der Waals surface area (Å²) in [5, 5.41) is 0. The molecule has 0 fully saturated rings. The molecule has 1 aliphatic rings. The maximum absolute atomic E-state index is 12.3. The van der Waals surface area contributed by atoms with Crippen molar-refractivity contribution in [2.24, 2.45) is 0 Å². The molecule has 8 heteroatoms. The van der Waals surface area contributed by atoms with E-state index in [1.165, 1.54) is 0 Å². The van der Waals surface area contributed by atoms with Crippen molar-refractivity contribution >= 4 is 21.6 Å². The lowest BCUT2D eigenvalue weighted by Crippen LogP contribution is -2.38. The van der Waals surface area contributed by atoms with Crippen LogP contribution in [0.1, 0.15) is 12.8 Å². The van der Waals surface area contributed by atoms with Gasteiger partial charge in [-0.2, -0.15) is 17.5 Å². The maximum Gasteiger partial charge on any atom is 0.412 e. The molecule has 0 aliphatic carbocycles. The second-order valence-corrected chi connectivity index (χ2v) is 6.16. The summed E-state index contributed by atoms with van der Waals surface area (Å²) in [5.41, 5.74) is -0.652. The molecule has 0 spiro atoms. The predicted octanol–water partition coefficient (Wildman–Crippen LogP) is 2.14. The van der Waals surface area contributed by atoms with Crippen LogP contribution in [0.25, 0.3) is 0 Å². The molecule has 0 bridgehead atoms. The molecular weight excluding hydrogens is 279 g/mol. The molecule has 0 aromatic carbocycles. The van der Waals surface area contributed by atoms with Gasteiger partial charge in [0.1, 0.15) is 0 Å². The Labute approximate surface area is 103 Å². The van der Waals surface area contributed by atoms with Crippen molar-refractivity contribution < 1.29 is 21.6 Å².